The lowest BCUT2D eigenvalue weighted by Gasteiger charge is -2.12. The summed E-state index contributed by atoms with van der Waals surface area (Å²) in [6, 6.07) is 12.4. The second-order valence-corrected chi connectivity index (χ2v) is 7.92. The van der Waals surface area contributed by atoms with Gasteiger partial charge in [0, 0.05) is 41.6 Å². The number of benzene rings is 1. The van der Waals surface area contributed by atoms with Gasteiger partial charge in [-0.05, 0) is 66.1 Å². The van der Waals surface area contributed by atoms with Crippen molar-refractivity contribution in [3.8, 4) is 22.3 Å². The average Bonchev–Trinajstić information content (AvgIpc) is 2.89. The van der Waals surface area contributed by atoms with Crippen molar-refractivity contribution >= 4 is 23.5 Å². The maximum atomic E-state index is 12.7. The molecule has 188 valence electrons. The van der Waals surface area contributed by atoms with E-state index in [1.165, 1.54) is 7.11 Å². The normalized spacial score (nSPS) is 11.1. The van der Waals surface area contributed by atoms with Crippen LogP contribution in [0.4, 0.5) is 29.5 Å². The van der Waals surface area contributed by atoms with E-state index in [2.05, 4.69) is 30.3 Å². The molecular weight excluding hydrogens is 487 g/mol. The molecule has 8 nitrogen and oxygen atoms in total. The number of aromatic nitrogens is 3. The highest BCUT2D eigenvalue weighted by Gasteiger charge is 2.32. The maximum Gasteiger partial charge on any atom is 0.433 e. The number of alkyl halides is 3. The van der Waals surface area contributed by atoms with E-state index in [-0.39, 0.29) is 5.56 Å². The van der Waals surface area contributed by atoms with Crippen molar-refractivity contribution in [3.63, 3.8) is 0 Å². The first kappa shape index (κ1) is 25.3. The third-order valence-corrected chi connectivity index (χ3v) is 5.37. The Bertz CT molecular complexity index is 1460. The molecule has 0 bridgehead atoms. The molecule has 3 aromatic heterocycles. The van der Waals surface area contributed by atoms with Gasteiger partial charge in [0.2, 0.25) is 0 Å². The third kappa shape index (κ3) is 6.07. The molecule has 0 aliphatic carbocycles. The molecule has 0 aliphatic rings. The molecule has 0 aliphatic heterocycles. The number of halogens is 3. The van der Waals surface area contributed by atoms with E-state index in [1.807, 2.05) is 19.1 Å². The zero-order valence-electron chi connectivity index (χ0n) is 19.6. The van der Waals surface area contributed by atoms with Gasteiger partial charge in [-0.2, -0.15) is 13.2 Å². The Kier molecular flexibility index (Phi) is 7.14. The first-order valence-corrected chi connectivity index (χ1v) is 10.9. The van der Waals surface area contributed by atoms with Crippen LogP contribution in [-0.4, -0.2) is 34.1 Å². The monoisotopic (exact) mass is 507 g/mol. The van der Waals surface area contributed by atoms with Gasteiger partial charge in [-0.1, -0.05) is 6.07 Å². The molecule has 2 amide bonds. The van der Waals surface area contributed by atoms with Crippen LogP contribution >= 0.6 is 0 Å². The van der Waals surface area contributed by atoms with Crippen molar-refractivity contribution in [1.29, 1.82) is 0 Å². The molecule has 11 heteroatoms. The van der Waals surface area contributed by atoms with Gasteiger partial charge in [-0.25, -0.2) is 9.78 Å². The fourth-order valence-corrected chi connectivity index (χ4v) is 3.49. The number of carbonyl (C=O) groups excluding carboxylic acids is 2. The Morgan fingerprint density at radius 1 is 0.865 bits per heavy atom. The van der Waals surface area contributed by atoms with Crippen molar-refractivity contribution in [2.24, 2.45) is 0 Å². The lowest BCUT2D eigenvalue weighted by molar-refractivity contribution is -0.141. The maximum absolute atomic E-state index is 12.7. The number of hydrogen-bond donors (Lipinski definition) is 2. The SMILES string of the molecule is COC(=O)Nc1cc(-c2cncc(-c3cc(NC(=O)c4ccc(C(F)(F)F)nc4)ccc3C)c2)ccn1. The van der Waals surface area contributed by atoms with Gasteiger partial charge < -0.3 is 10.1 Å². The molecular formula is C26H20F3N5O3. The average molecular weight is 507 g/mol. The fourth-order valence-electron chi connectivity index (χ4n) is 3.49. The second kappa shape index (κ2) is 10.4. The Morgan fingerprint density at radius 3 is 2.35 bits per heavy atom. The summed E-state index contributed by atoms with van der Waals surface area (Å²) in [5.74, 6) is -0.279. The number of amides is 2. The molecule has 4 rings (SSSR count). The molecule has 0 fully saturated rings. The number of pyridine rings is 3. The van der Waals surface area contributed by atoms with Gasteiger partial charge in [0.05, 0.1) is 12.7 Å². The fraction of sp³-hybridized carbons (Fsp3) is 0.115. The van der Waals surface area contributed by atoms with Crippen molar-refractivity contribution in [1.82, 2.24) is 15.0 Å². The summed E-state index contributed by atoms with van der Waals surface area (Å²) in [7, 11) is 1.26. The minimum absolute atomic E-state index is 0.00663. The predicted octanol–water partition coefficient (Wildman–Crippen LogP) is 5.96. The molecule has 0 saturated heterocycles. The number of nitrogens with zero attached hydrogens (tertiary/aromatic N) is 3. The summed E-state index contributed by atoms with van der Waals surface area (Å²) in [6.07, 6.45) is 0.548. The quantitative estimate of drug-likeness (QED) is 0.345. The summed E-state index contributed by atoms with van der Waals surface area (Å²) in [5, 5.41) is 5.20. The van der Waals surface area contributed by atoms with Crippen LogP contribution in [0.2, 0.25) is 0 Å². The van der Waals surface area contributed by atoms with Crippen molar-refractivity contribution in [3.05, 3.63) is 90.1 Å². The van der Waals surface area contributed by atoms with Gasteiger partial charge >= 0.3 is 12.3 Å². The van der Waals surface area contributed by atoms with E-state index >= 15 is 0 Å². The first-order chi connectivity index (χ1) is 17.6. The Morgan fingerprint density at radius 2 is 1.65 bits per heavy atom. The van der Waals surface area contributed by atoms with E-state index in [9.17, 15) is 22.8 Å². The zero-order valence-corrected chi connectivity index (χ0v) is 19.6. The summed E-state index contributed by atoms with van der Waals surface area (Å²) < 4.78 is 42.8. The van der Waals surface area contributed by atoms with Crippen molar-refractivity contribution in [2.45, 2.75) is 13.1 Å². The molecule has 37 heavy (non-hydrogen) atoms. The number of methoxy groups -OCH3 is 1. The zero-order chi connectivity index (χ0) is 26.6. The standard InChI is InChI=1S/C26H20F3N5O3/c1-15-3-5-20(33-24(35)17-4-6-22(32-14-17)26(27,28)29)11-21(15)19-9-18(12-30-13-19)16-7-8-31-23(10-16)34-25(36)37-2/h3-14H,1-2H3,(H,33,35)(H,31,34,36). The number of hydrogen-bond acceptors (Lipinski definition) is 6. The molecule has 3 heterocycles. The van der Waals surface area contributed by atoms with Crippen LogP contribution < -0.4 is 10.6 Å². The largest absolute Gasteiger partial charge is 0.453 e. The van der Waals surface area contributed by atoms with Crippen molar-refractivity contribution < 1.29 is 27.5 Å². The van der Waals surface area contributed by atoms with Gasteiger partial charge in [0.25, 0.3) is 5.91 Å². The summed E-state index contributed by atoms with van der Waals surface area (Å²) >= 11 is 0. The Balaban J connectivity index is 1.58. The number of aryl methyl sites for hydroxylation is 1. The molecule has 0 atom stereocenters. The number of rotatable bonds is 5. The second-order valence-electron chi connectivity index (χ2n) is 7.92. The van der Waals surface area contributed by atoms with E-state index < -0.39 is 23.9 Å². The minimum Gasteiger partial charge on any atom is -0.453 e. The van der Waals surface area contributed by atoms with Gasteiger partial charge in [0.15, 0.2) is 0 Å². The van der Waals surface area contributed by atoms with E-state index in [1.54, 1.807) is 42.9 Å². The van der Waals surface area contributed by atoms with Crippen LogP contribution in [0.3, 0.4) is 0 Å². The lowest BCUT2D eigenvalue weighted by atomic mass is 9.98. The highest BCUT2D eigenvalue weighted by Crippen LogP contribution is 2.31. The van der Waals surface area contributed by atoms with Crippen LogP contribution in [0.1, 0.15) is 21.6 Å². The van der Waals surface area contributed by atoms with Gasteiger partial charge in [0.1, 0.15) is 11.5 Å². The molecule has 0 saturated carbocycles. The van der Waals surface area contributed by atoms with E-state index in [4.69, 9.17) is 0 Å². The van der Waals surface area contributed by atoms with Gasteiger partial charge in [-0.3, -0.25) is 20.1 Å². The van der Waals surface area contributed by atoms with E-state index in [0.717, 1.165) is 46.1 Å². The number of carbonyl (C=O) groups is 2. The molecule has 2 N–H and O–H groups in total. The Labute approximate surface area is 209 Å². The Hall–Kier alpha value is -4.80. The first-order valence-electron chi connectivity index (χ1n) is 10.9. The summed E-state index contributed by atoms with van der Waals surface area (Å²) in [6.45, 7) is 1.90. The van der Waals surface area contributed by atoms with Gasteiger partial charge in [-0.15, -0.1) is 0 Å². The van der Waals surface area contributed by atoms with Crippen LogP contribution in [0.5, 0.6) is 0 Å². The summed E-state index contributed by atoms with van der Waals surface area (Å²) in [4.78, 5) is 35.8. The van der Waals surface area contributed by atoms with Crippen LogP contribution in [0.15, 0.2) is 73.3 Å². The van der Waals surface area contributed by atoms with E-state index in [0.29, 0.717) is 11.5 Å². The smallest absolute Gasteiger partial charge is 0.433 e. The summed E-state index contributed by atoms with van der Waals surface area (Å²) in [5.41, 5.74) is 3.36. The molecule has 1 aromatic carbocycles. The topological polar surface area (TPSA) is 106 Å². The van der Waals surface area contributed by atoms with Crippen LogP contribution in [0, 0.1) is 6.92 Å². The minimum atomic E-state index is -4.58. The number of anilines is 2. The van der Waals surface area contributed by atoms with Crippen molar-refractivity contribution in [2.75, 3.05) is 17.7 Å². The number of nitrogens with one attached hydrogen (secondary N) is 2. The molecule has 0 radical (unpaired) electrons. The van der Waals surface area contributed by atoms with Crippen LogP contribution in [-0.2, 0) is 10.9 Å². The molecule has 4 aromatic rings. The highest BCUT2D eigenvalue weighted by atomic mass is 19.4. The number of ether oxygens (including phenoxy) is 1. The predicted molar refractivity (Wildman–Crippen MR) is 131 cm³/mol. The molecule has 0 unspecified atom stereocenters. The highest BCUT2D eigenvalue weighted by molar-refractivity contribution is 6.04. The lowest BCUT2D eigenvalue weighted by Crippen LogP contribution is -2.14. The third-order valence-electron chi connectivity index (χ3n) is 5.37. The molecule has 0 spiro atoms. The van der Waals surface area contributed by atoms with Crippen LogP contribution in [0.25, 0.3) is 22.3 Å².